The van der Waals surface area contributed by atoms with E-state index < -0.39 is 10.0 Å². The molecule has 0 aliphatic carbocycles. The van der Waals surface area contributed by atoms with Gasteiger partial charge < -0.3 is 11.1 Å². The van der Waals surface area contributed by atoms with Crippen molar-refractivity contribution in [2.45, 2.75) is 19.8 Å². The number of nitrogens with two attached hydrogens (primary N) is 1. The van der Waals surface area contributed by atoms with Crippen molar-refractivity contribution < 1.29 is 8.42 Å². The summed E-state index contributed by atoms with van der Waals surface area (Å²) < 4.78 is 24.8. The number of rotatable bonds is 7. The van der Waals surface area contributed by atoms with Crippen LogP contribution in [0, 0.1) is 0 Å². The van der Waals surface area contributed by atoms with E-state index in [1.165, 1.54) is 13.4 Å². The van der Waals surface area contributed by atoms with Crippen LogP contribution in [0.15, 0.2) is 6.33 Å². The number of nitrogens with one attached hydrogen (secondary N) is 2. The van der Waals surface area contributed by atoms with Crippen LogP contribution in [0.5, 0.6) is 0 Å². The van der Waals surface area contributed by atoms with Gasteiger partial charge in [0.2, 0.25) is 10.0 Å². The molecular formula is C10H19N5O2S. The van der Waals surface area contributed by atoms with Crippen molar-refractivity contribution in [1.82, 2.24) is 14.7 Å². The van der Waals surface area contributed by atoms with Crippen LogP contribution in [0.4, 0.5) is 11.6 Å². The normalized spacial score (nSPS) is 11.4. The average molecular weight is 273 g/mol. The maximum Gasteiger partial charge on any atom is 0.213 e. The summed E-state index contributed by atoms with van der Waals surface area (Å²) in [7, 11) is -1.82. The summed E-state index contributed by atoms with van der Waals surface area (Å²) in [5, 5.41) is 2.98. The van der Waals surface area contributed by atoms with Gasteiger partial charge in [0.05, 0.1) is 5.75 Å². The van der Waals surface area contributed by atoms with Crippen molar-refractivity contribution in [3.8, 4) is 0 Å². The van der Waals surface area contributed by atoms with Gasteiger partial charge in [-0.25, -0.2) is 23.1 Å². The molecule has 102 valence electrons. The van der Waals surface area contributed by atoms with E-state index in [9.17, 15) is 8.42 Å². The Kier molecular flexibility index (Phi) is 5.29. The van der Waals surface area contributed by atoms with Gasteiger partial charge >= 0.3 is 0 Å². The Labute approximate surface area is 107 Å². The lowest BCUT2D eigenvalue weighted by Gasteiger charge is -2.11. The lowest BCUT2D eigenvalue weighted by molar-refractivity contribution is 0.588. The van der Waals surface area contributed by atoms with E-state index in [-0.39, 0.29) is 12.3 Å². The van der Waals surface area contributed by atoms with Gasteiger partial charge in [-0.15, -0.1) is 0 Å². The van der Waals surface area contributed by atoms with Gasteiger partial charge in [-0.05, 0) is 13.5 Å². The van der Waals surface area contributed by atoms with Crippen molar-refractivity contribution in [3.05, 3.63) is 11.9 Å². The Hall–Kier alpha value is -1.41. The first-order valence-corrected chi connectivity index (χ1v) is 7.39. The summed E-state index contributed by atoms with van der Waals surface area (Å²) in [6.45, 7) is 2.30. The largest absolute Gasteiger partial charge is 0.383 e. The maximum absolute atomic E-state index is 11.3. The molecule has 7 nitrogen and oxygen atoms in total. The minimum atomic E-state index is -3.21. The second-order valence-corrected chi connectivity index (χ2v) is 5.83. The molecule has 0 aliphatic rings. The fourth-order valence-electron chi connectivity index (χ4n) is 1.48. The molecule has 0 spiro atoms. The number of aromatic nitrogens is 2. The number of hydrogen-bond donors (Lipinski definition) is 3. The van der Waals surface area contributed by atoms with E-state index in [0.717, 1.165) is 18.4 Å². The number of hydrogen-bond acceptors (Lipinski definition) is 6. The van der Waals surface area contributed by atoms with Gasteiger partial charge in [0.25, 0.3) is 0 Å². The highest BCUT2D eigenvalue weighted by atomic mass is 32.2. The van der Waals surface area contributed by atoms with Crippen LogP contribution in [0.2, 0.25) is 0 Å². The van der Waals surface area contributed by atoms with Crippen LogP contribution in [-0.2, 0) is 16.4 Å². The molecule has 1 heterocycles. The van der Waals surface area contributed by atoms with Crippen molar-refractivity contribution in [2.24, 2.45) is 0 Å². The predicted molar refractivity (Wildman–Crippen MR) is 71.8 cm³/mol. The average Bonchev–Trinajstić information content (AvgIpc) is 2.33. The summed E-state index contributed by atoms with van der Waals surface area (Å²) >= 11 is 0. The summed E-state index contributed by atoms with van der Waals surface area (Å²) in [5.74, 6) is 1.03. The third kappa shape index (κ3) is 4.11. The quantitative estimate of drug-likeness (QED) is 0.643. The zero-order chi connectivity index (χ0) is 13.6. The number of nitrogens with zero attached hydrogens (tertiary/aromatic N) is 2. The Balaban J connectivity index is 2.70. The maximum atomic E-state index is 11.3. The molecule has 0 saturated carbocycles. The first-order chi connectivity index (χ1) is 8.50. The SMILES string of the molecule is CCCc1c(N)ncnc1NCCS(=O)(=O)NC. The predicted octanol–water partition coefficient (Wildman–Crippen LogP) is -0.0276. The second kappa shape index (κ2) is 6.50. The minimum absolute atomic E-state index is 0.0149. The fourth-order valence-corrected chi connectivity index (χ4v) is 2.06. The molecule has 1 rings (SSSR count). The molecule has 0 unspecified atom stereocenters. The molecule has 1 aromatic heterocycles. The van der Waals surface area contributed by atoms with E-state index >= 15 is 0 Å². The highest BCUT2D eigenvalue weighted by molar-refractivity contribution is 7.89. The molecule has 0 saturated heterocycles. The second-order valence-electron chi connectivity index (χ2n) is 3.79. The zero-order valence-corrected chi connectivity index (χ0v) is 11.4. The smallest absolute Gasteiger partial charge is 0.213 e. The first-order valence-electron chi connectivity index (χ1n) is 5.74. The summed E-state index contributed by atoms with van der Waals surface area (Å²) in [5.41, 5.74) is 6.60. The van der Waals surface area contributed by atoms with E-state index in [1.54, 1.807) is 0 Å². The van der Waals surface area contributed by atoms with Gasteiger partial charge in [-0.1, -0.05) is 13.3 Å². The standard InChI is InChI=1S/C10H19N5O2S/c1-3-4-8-9(11)14-7-15-10(8)13-5-6-18(16,17)12-2/h7,12H,3-6H2,1-2H3,(H3,11,13,14,15). The topological polar surface area (TPSA) is 110 Å². The van der Waals surface area contributed by atoms with Crippen LogP contribution in [0.25, 0.3) is 0 Å². The van der Waals surface area contributed by atoms with Gasteiger partial charge in [0.1, 0.15) is 18.0 Å². The number of sulfonamides is 1. The van der Waals surface area contributed by atoms with Gasteiger partial charge in [-0.3, -0.25) is 0 Å². The van der Waals surface area contributed by atoms with Gasteiger partial charge in [-0.2, -0.15) is 0 Å². The van der Waals surface area contributed by atoms with E-state index in [0.29, 0.717) is 11.6 Å². The van der Waals surface area contributed by atoms with Crippen molar-refractivity contribution >= 4 is 21.7 Å². The molecule has 0 fully saturated rings. The first kappa shape index (κ1) is 14.7. The molecule has 18 heavy (non-hydrogen) atoms. The lowest BCUT2D eigenvalue weighted by Crippen LogP contribution is -2.26. The number of anilines is 2. The highest BCUT2D eigenvalue weighted by Crippen LogP contribution is 2.18. The molecule has 0 amide bonds. The molecule has 0 atom stereocenters. The third-order valence-corrected chi connectivity index (χ3v) is 3.82. The molecule has 4 N–H and O–H groups in total. The van der Waals surface area contributed by atoms with Gasteiger partial charge in [0.15, 0.2) is 0 Å². The van der Waals surface area contributed by atoms with Crippen LogP contribution in [0.1, 0.15) is 18.9 Å². The molecule has 1 aromatic rings. The Morgan fingerprint density at radius 1 is 1.39 bits per heavy atom. The van der Waals surface area contributed by atoms with Crippen LogP contribution >= 0.6 is 0 Å². The molecule has 8 heteroatoms. The van der Waals surface area contributed by atoms with E-state index in [4.69, 9.17) is 5.73 Å². The van der Waals surface area contributed by atoms with Crippen LogP contribution in [0.3, 0.4) is 0 Å². The van der Waals surface area contributed by atoms with Crippen LogP contribution in [-0.4, -0.2) is 37.7 Å². The number of nitrogen functional groups attached to an aromatic ring is 1. The summed E-state index contributed by atoms with van der Waals surface area (Å²) in [6.07, 6.45) is 3.04. The Morgan fingerprint density at radius 2 is 2.11 bits per heavy atom. The van der Waals surface area contributed by atoms with Gasteiger partial charge in [0, 0.05) is 12.1 Å². The third-order valence-electron chi connectivity index (χ3n) is 2.45. The fraction of sp³-hybridized carbons (Fsp3) is 0.600. The molecule has 0 bridgehead atoms. The monoisotopic (exact) mass is 273 g/mol. The van der Waals surface area contributed by atoms with E-state index in [2.05, 4.69) is 20.0 Å². The van der Waals surface area contributed by atoms with E-state index in [1.807, 2.05) is 6.92 Å². The Morgan fingerprint density at radius 3 is 2.72 bits per heavy atom. The molecule has 0 aliphatic heterocycles. The summed E-state index contributed by atoms with van der Waals surface area (Å²) in [6, 6.07) is 0. The highest BCUT2D eigenvalue weighted by Gasteiger charge is 2.10. The van der Waals surface area contributed by atoms with Crippen molar-refractivity contribution in [2.75, 3.05) is 30.4 Å². The lowest BCUT2D eigenvalue weighted by atomic mass is 10.1. The molecule has 0 radical (unpaired) electrons. The summed E-state index contributed by atoms with van der Waals surface area (Å²) in [4.78, 5) is 8.01. The zero-order valence-electron chi connectivity index (χ0n) is 10.6. The minimum Gasteiger partial charge on any atom is -0.383 e. The van der Waals surface area contributed by atoms with Crippen molar-refractivity contribution in [3.63, 3.8) is 0 Å². The molecule has 0 aromatic carbocycles. The molecular weight excluding hydrogens is 254 g/mol. The van der Waals surface area contributed by atoms with Crippen LogP contribution < -0.4 is 15.8 Å². The van der Waals surface area contributed by atoms with Crippen molar-refractivity contribution in [1.29, 1.82) is 0 Å². The Bertz CT molecular complexity index is 489.